The molecule has 1 unspecified atom stereocenters. The minimum Gasteiger partial charge on any atom is -0.481 e. The summed E-state index contributed by atoms with van der Waals surface area (Å²) < 4.78 is 45.7. The van der Waals surface area contributed by atoms with E-state index in [9.17, 15) is 23.3 Å². The maximum atomic E-state index is 12.7. The molecule has 1 aromatic heterocycles. The third kappa shape index (κ3) is 3.88. The molecule has 0 spiro atoms. The highest BCUT2D eigenvalue weighted by Gasteiger charge is 2.31. The molecule has 1 atom stereocenters. The molecular weight excluding hydrogens is 401 g/mol. The van der Waals surface area contributed by atoms with Gasteiger partial charge in [0, 0.05) is 23.3 Å². The molecule has 0 amide bonds. The van der Waals surface area contributed by atoms with Crippen molar-refractivity contribution in [2.24, 2.45) is 0 Å². The molecule has 1 aliphatic rings. The van der Waals surface area contributed by atoms with E-state index in [0.717, 1.165) is 12.1 Å². The Morgan fingerprint density at radius 2 is 1.93 bits per heavy atom. The van der Waals surface area contributed by atoms with Crippen LogP contribution < -0.4 is 4.74 Å². The molecule has 0 bridgehead atoms. The Hall–Kier alpha value is -3.69. The van der Waals surface area contributed by atoms with E-state index in [1.807, 2.05) is 6.92 Å². The lowest BCUT2D eigenvalue weighted by atomic mass is 10.00. The summed E-state index contributed by atoms with van der Waals surface area (Å²) in [5, 5.41) is 19.0. The lowest BCUT2D eigenvalue weighted by Gasteiger charge is -2.31. The number of hydrogen-bond acceptors (Lipinski definition) is 5. The van der Waals surface area contributed by atoms with Crippen molar-refractivity contribution in [1.29, 1.82) is 0 Å². The van der Waals surface area contributed by atoms with E-state index in [4.69, 9.17) is 4.74 Å². The van der Waals surface area contributed by atoms with Gasteiger partial charge in [-0.25, -0.2) is 4.68 Å². The molecule has 30 heavy (non-hydrogen) atoms. The smallest absolute Gasteiger partial charge is 0.416 e. The van der Waals surface area contributed by atoms with Crippen molar-refractivity contribution in [3.05, 3.63) is 76.0 Å². The lowest BCUT2D eigenvalue weighted by molar-refractivity contribution is -0.384. The molecule has 0 fully saturated rings. The zero-order valence-corrected chi connectivity index (χ0v) is 15.6. The zero-order chi connectivity index (χ0) is 21.5. The third-order valence-corrected chi connectivity index (χ3v) is 4.69. The summed E-state index contributed by atoms with van der Waals surface area (Å²) in [6.07, 6.45) is 0.751. The summed E-state index contributed by atoms with van der Waals surface area (Å²) in [5.74, 6) is 0.508. The van der Waals surface area contributed by atoms with Crippen molar-refractivity contribution in [3.63, 3.8) is 0 Å². The summed E-state index contributed by atoms with van der Waals surface area (Å²) in [5.41, 5.74) is 0.00806. The van der Waals surface area contributed by atoms with Gasteiger partial charge in [-0.05, 0) is 31.2 Å². The van der Waals surface area contributed by atoms with Crippen molar-refractivity contribution in [2.75, 3.05) is 0 Å². The number of non-ortho nitro benzene ring substituents is 1. The van der Waals surface area contributed by atoms with Crippen LogP contribution in [0.4, 0.5) is 18.9 Å². The maximum Gasteiger partial charge on any atom is 0.416 e. The summed E-state index contributed by atoms with van der Waals surface area (Å²) in [6, 6.07) is 9.04. The fourth-order valence-corrected chi connectivity index (χ4v) is 3.17. The van der Waals surface area contributed by atoms with Crippen molar-refractivity contribution < 1.29 is 22.8 Å². The van der Waals surface area contributed by atoms with Crippen LogP contribution in [0.3, 0.4) is 0 Å². The molecule has 2 heterocycles. The molecule has 0 saturated heterocycles. The van der Waals surface area contributed by atoms with E-state index >= 15 is 0 Å². The molecule has 154 valence electrons. The van der Waals surface area contributed by atoms with Crippen LogP contribution in [0.5, 0.6) is 5.75 Å². The van der Waals surface area contributed by atoms with Gasteiger partial charge < -0.3 is 4.74 Å². The predicted octanol–water partition coefficient (Wildman–Crippen LogP) is 4.74. The standard InChI is InChI=1S/C20H15F3N4O3/c1-19(9-8-14-10-16(27(28)29)6-7-18(14)30-19)12-26-11-17(24-25-26)13-2-4-15(5-3-13)20(21,22)23/h2-11H,12H2,1H3. The highest BCUT2D eigenvalue weighted by Crippen LogP contribution is 2.34. The molecular formula is C20H15F3N4O3. The van der Waals surface area contributed by atoms with Crippen LogP contribution in [0.2, 0.25) is 0 Å². The highest BCUT2D eigenvalue weighted by atomic mass is 19.4. The van der Waals surface area contributed by atoms with Gasteiger partial charge in [-0.2, -0.15) is 13.2 Å². The van der Waals surface area contributed by atoms with Gasteiger partial charge in [0.1, 0.15) is 17.0 Å². The van der Waals surface area contributed by atoms with E-state index in [-0.39, 0.29) is 12.2 Å². The second-order valence-corrected chi connectivity index (χ2v) is 7.10. The van der Waals surface area contributed by atoms with Crippen molar-refractivity contribution in [2.45, 2.75) is 25.2 Å². The van der Waals surface area contributed by atoms with Gasteiger partial charge in [0.05, 0.1) is 23.2 Å². The molecule has 0 radical (unpaired) electrons. The van der Waals surface area contributed by atoms with E-state index in [1.54, 1.807) is 24.4 Å². The van der Waals surface area contributed by atoms with E-state index in [0.29, 0.717) is 22.6 Å². The molecule has 0 N–H and O–H groups in total. The number of benzene rings is 2. The van der Waals surface area contributed by atoms with E-state index < -0.39 is 22.3 Å². The fourth-order valence-electron chi connectivity index (χ4n) is 3.17. The van der Waals surface area contributed by atoms with Crippen LogP contribution in [-0.4, -0.2) is 25.5 Å². The third-order valence-electron chi connectivity index (χ3n) is 4.69. The van der Waals surface area contributed by atoms with Crippen molar-refractivity contribution >= 4 is 11.8 Å². The average Bonchev–Trinajstić information content (AvgIpc) is 3.14. The minimum atomic E-state index is -4.40. The first-order valence-corrected chi connectivity index (χ1v) is 8.87. The predicted molar refractivity (Wildman–Crippen MR) is 102 cm³/mol. The second-order valence-electron chi connectivity index (χ2n) is 7.10. The molecule has 1 aliphatic heterocycles. The van der Waals surface area contributed by atoms with Gasteiger partial charge in [-0.15, -0.1) is 5.10 Å². The molecule has 7 nitrogen and oxygen atoms in total. The zero-order valence-electron chi connectivity index (χ0n) is 15.6. The molecule has 10 heteroatoms. The van der Waals surface area contributed by atoms with Gasteiger partial charge in [0.2, 0.25) is 0 Å². The minimum absolute atomic E-state index is 0.0249. The molecule has 0 saturated carbocycles. The van der Waals surface area contributed by atoms with Crippen LogP contribution in [0.25, 0.3) is 17.3 Å². The van der Waals surface area contributed by atoms with Crippen molar-refractivity contribution in [3.8, 4) is 17.0 Å². The first-order valence-electron chi connectivity index (χ1n) is 8.87. The first-order chi connectivity index (χ1) is 14.1. The normalized spacial score (nSPS) is 18.0. The van der Waals surface area contributed by atoms with Crippen LogP contribution in [-0.2, 0) is 12.7 Å². The Balaban J connectivity index is 1.51. The Bertz CT molecular complexity index is 1140. The molecule has 0 aliphatic carbocycles. The Kier molecular flexibility index (Phi) is 4.56. The number of aromatic nitrogens is 3. The van der Waals surface area contributed by atoms with Crippen molar-refractivity contribution in [1.82, 2.24) is 15.0 Å². The van der Waals surface area contributed by atoms with Crippen LogP contribution in [0, 0.1) is 10.1 Å². The largest absolute Gasteiger partial charge is 0.481 e. The monoisotopic (exact) mass is 416 g/mol. The quantitative estimate of drug-likeness (QED) is 0.453. The van der Waals surface area contributed by atoms with Gasteiger partial charge >= 0.3 is 6.18 Å². The maximum absolute atomic E-state index is 12.7. The highest BCUT2D eigenvalue weighted by molar-refractivity contribution is 5.64. The summed E-state index contributed by atoms with van der Waals surface area (Å²) in [7, 11) is 0. The Labute approximate surface area is 168 Å². The fraction of sp³-hybridized carbons (Fsp3) is 0.200. The number of nitro benzene ring substituents is 1. The number of halogens is 3. The summed E-state index contributed by atoms with van der Waals surface area (Å²) in [6.45, 7) is 2.11. The van der Waals surface area contributed by atoms with E-state index in [2.05, 4.69) is 10.3 Å². The van der Waals surface area contributed by atoms with Gasteiger partial charge in [-0.3, -0.25) is 10.1 Å². The van der Waals surface area contributed by atoms with Gasteiger partial charge in [-0.1, -0.05) is 23.4 Å². The second kappa shape index (κ2) is 6.97. The number of ether oxygens (including phenoxy) is 1. The number of hydrogen-bond donors (Lipinski definition) is 0. The number of nitro groups is 1. The molecule has 4 rings (SSSR count). The summed E-state index contributed by atoms with van der Waals surface area (Å²) in [4.78, 5) is 10.4. The van der Waals surface area contributed by atoms with Crippen LogP contribution in [0.15, 0.2) is 54.7 Å². The Morgan fingerprint density at radius 3 is 2.60 bits per heavy atom. The van der Waals surface area contributed by atoms with Crippen LogP contribution in [0.1, 0.15) is 18.1 Å². The number of alkyl halides is 3. The molecule has 3 aromatic rings. The SMILES string of the molecule is CC1(Cn2cc(-c3ccc(C(F)(F)F)cc3)nn2)C=Cc2cc([N+](=O)[O-])ccc2O1. The van der Waals surface area contributed by atoms with E-state index in [1.165, 1.54) is 28.9 Å². The number of fused-ring (bicyclic) bond motifs is 1. The van der Waals surface area contributed by atoms with Gasteiger partial charge in [0.25, 0.3) is 5.69 Å². The van der Waals surface area contributed by atoms with Gasteiger partial charge in [0.15, 0.2) is 0 Å². The molecule has 2 aromatic carbocycles. The topological polar surface area (TPSA) is 83.1 Å². The first kappa shape index (κ1) is 19.6. The average molecular weight is 416 g/mol. The number of rotatable bonds is 4. The lowest BCUT2D eigenvalue weighted by Crippen LogP contribution is -2.37. The Morgan fingerprint density at radius 1 is 1.20 bits per heavy atom. The summed E-state index contributed by atoms with van der Waals surface area (Å²) >= 11 is 0. The number of nitrogens with zero attached hydrogens (tertiary/aromatic N) is 4. The van der Waals surface area contributed by atoms with Crippen LogP contribution >= 0.6 is 0 Å².